The number of aromatic nitrogens is 1. The van der Waals surface area contributed by atoms with Gasteiger partial charge in [0.05, 0.1) is 17.8 Å². The van der Waals surface area contributed by atoms with Gasteiger partial charge < -0.3 is 9.63 Å². The van der Waals surface area contributed by atoms with Crippen LogP contribution in [0.15, 0.2) is 16.7 Å². The molecule has 1 heterocycles. The summed E-state index contributed by atoms with van der Waals surface area (Å²) in [6.45, 7) is 4.47. The van der Waals surface area contributed by atoms with Crippen molar-refractivity contribution in [1.29, 1.82) is 0 Å². The normalized spacial score (nSPS) is 20.7. The van der Waals surface area contributed by atoms with E-state index < -0.39 is 6.10 Å². The van der Waals surface area contributed by atoms with Gasteiger partial charge in [0.1, 0.15) is 5.76 Å². The van der Waals surface area contributed by atoms with Gasteiger partial charge in [-0.3, -0.25) is 4.90 Å². The van der Waals surface area contributed by atoms with E-state index in [4.69, 9.17) is 27.7 Å². The molecule has 0 saturated heterocycles. The maximum Gasteiger partial charge on any atom is 0.138 e. The molecule has 2 atom stereocenters. The molecular formula is C16H18Cl2N2O2. The first-order valence-electron chi connectivity index (χ1n) is 7.16. The smallest absolute Gasteiger partial charge is 0.138 e. The number of aliphatic hydroxyl groups is 1. The molecule has 0 aliphatic heterocycles. The van der Waals surface area contributed by atoms with Crippen LogP contribution in [0.5, 0.6) is 0 Å². The van der Waals surface area contributed by atoms with Crippen LogP contribution in [0.2, 0.25) is 10.0 Å². The average molecular weight is 341 g/mol. The fraction of sp³-hybridized carbons (Fsp3) is 0.438. The molecule has 22 heavy (non-hydrogen) atoms. The minimum Gasteiger partial charge on any atom is -0.391 e. The van der Waals surface area contributed by atoms with Crippen LogP contribution in [0.3, 0.4) is 0 Å². The second-order valence-corrected chi connectivity index (χ2v) is 6.73. The molecule has 1 aliphatic carbocycles. The van der Waals surface area contributed by atoms with Crippen LogP contribution in [0, 0.1) is 13.8 Å². The van der Waals surface area contributed by atoms with Gasteiger partial charge in [-0.1, -0.05) is 28.4 Å². The highest BCUT2D eigenvalue weighted by molar-refractivity contribution is 6.35. The maximum atomic E-state index is 10.5. The van der Waals surface area contributed by atoms with Crippen LogP contribution in [-0.4, -0.2) is 28.3 Å². The van der Waals surface area contributed by atoms with Crippen molar-refractivity contribution in [1.82, 2.24) is 10.1 Å². The fourth-order valence-corrected chi connectivity index (χ4v) is 3.82. The highest BCUT2D eigenvalue weighted by Gasteiger charge is 2.36. The van der Waals surface area contributed by atoms with Crippen molar-refractivity contribution in [3.8, 4) is 0 Å². The lowest BCUT2D eigenvalue weighted by Gasteiger charge is -2.28. The Morgan fingerprint density at radius 2 is 2.09 bits per heavy atom. The summed E-state index contributed by atoms with van der Waals surface area (Å²) in [4.78, 5) is 2.09. The zero-order chi connectivity index (χ0) is 16.0. The van der Waals surface area contributed by atoms with Gasteiger partial charge in [0.15, 0.2) is 0 Å². The van der Waals surface area contributed by atoms with Gasteiger partial charge in [0.2, 0.25) is 0 Å². The highest BCUT2D eigenvalue weighted by Crippen LogP contribution is 2.41. The van der Waals surface area contributed by atoms with E-state index in [-0.39, 0.29) is 6.04 Å². The third-order valence-corrected chi connectivity index (χ3v) is 4.91. The van der Waals surface area contributed by atoms with Crippen LogP contribution >= 0.6 is 23.2 Å². The highest BCUT2D eigenvalue weighted by atomic mass is 35.5. The predicted molar refractivity (Wildman–Crippen MR) is 86.4 cm³/mol. The number of aliphatic hydroxyl groups excluding tert-OH is 1. The van der Waals surface area contributed by atoms with Crippen LogP contribution in [0.4, 0.5) is 0 Å². The number of fused-ring (bicyclic) bond motifs is 1. The van der Waals surface area contributed by atoms with E-state index >= 15 is 0 Å². The first kappa shape index (κ1) is 15.8. The van der Waals surface area contributed by atoms with Crippen LogP contribution < -0.4 is 0 Å². The Balaban J connectivity index is 1.93. The third kappa shape index (κ3) is 2.65. The predicted octanol–water partition coefficient (Wildman–Crippen LogP) is 3.69. The van der Waals surface area contributed by atoms with Crippen molar-refractivity contribution in [2.24, 2.45) is 0 Å². The molecule has 1 aromatic heterocycles. The standard InChI is InChI=1S/C16H18Cl2N2O2/c1-8-13(9(2)22-19-8)7-20(3)16-12-4-10(17)5-14(18)11(12)6-15(16)21/h4-5,15-16,21H,6-7H2,1-3H3/t15-,16+/m0/s1. The Kier molecular flexibility index (Phi) is 4.21. The van der Waals surface area contributed by atoms with E-state index in [0.717, 1.165) is 28.1 Å². The number of halogens is 2. The summed E-state index contributed by atoms with van der Waals surface area (Å²) >= 11 is 12.4. The lowest BCUT2D eigenvalue weighted by Crippen LogP contribution is -2.31. The molecule has 0 amide bonds. The number of benzene rings is 1. The number of rotatable bonds is 3. The lowest BCUT2D eigenvalue weighted by atomic mass is 10.1. The Labute approximate surface area is 139 Å². The number of nitrogens with zero attached hydrogens (tertiary/aromatic N) is 2. The molecule has 0 unspecified atom stereocenters. The minimum atomic E-state index is -0.503. The molecule has 4 nitrogen and oxygen atoms in total. The molecule has 2 aromatic rings. The molecule has 0 spiro atoms. The molecule has 1 aromatic carbocycles. The van der Waals surface area contributed by atoms with Crippen LogP contribution in [0.1, 0.15) is 34.2 Å². The molecule has 0 bridgehead atoms. The molecular weight excluding hydrogens is 323 g/mol. The van der Waals surface area contributed by atoms with E-state index in [0.29, 0.717) is 23.0 Å². The summed E-state index contributed by atoms with van der Waals surface area (Å²) in [6.07, 6.45) is 0.0403. The largest absolute Gasteiger partial charge is 0.391 e. The lowest BCUT2D eigenvalue weighted by molar-refractivity contribution is 0.0721. The number of hydrogen-bond donors (Lipinski definition) is 1. The van der Waals surface area contributed by atoms with Gasteiger partial charge >= 0.3 is 0 Å². The molecule has 0 saturated carbocycles. The van der Waals surface area contributed by atoms with Crippen LogP contribution in [0.25, 0.3) is 0 Å². The summed E-state index contributed by atoms with van der Waals surface area (Å²) in [5.41, 5.74) is 3.91. The van der Waals surface area contributed by atoms with Gasteiger partial charge in [0, 0.05) is 28.6 Å². The first-order valence-corrected chi connectivity index (χ1v) is 7.92. The van der Waals surface area contributed by atoms with Gasteiger partial charge in [-0.05, 0) is 44.2 Å². The molecule has 0 fully saturated rings. The third-order valence-electron chi connectivity index (χ3n) is 4.35. The maximum absolute atomic E-state index is 10.5. The van der Waals surface area contributed by atoms with Crippen molar-refractivity contribution in [3.05, 3.63) is 50.3 Å². The Bertz CT molecular complexity index is 695. The topological polar surface area (TPSA) is 49.5 Å². The van der Waals surface area contributed by atoms with Gasteiger partial charge in [-0.2, -0.15) is 0 Å². The molecule has 0 radical (unpaired) electrons. The van der Waals surface area contributed by atoms with Gasteiger partial charge in [0.25, 0.3) is 0 Å². The Hall–Kier alpha value is -1.07. The van der Waals surface area contributed by atoms with Crippen molar-refractivity contribution < 1.29 is 9.63 Å². The van der Waals surface area contributed by atoms with E-state index in [9.17, 15) is 5.11 Å². The molecule has 1 N–H and O–H groups in total. The monoisotopic (exact) mass is 340 g/mol. The summed E-state index contributed by atoms with van der Waals surface area (Å²) in [5.74, 6) is 0.807. The zero-order valence-corrected chi connectivity index (χ0v) is 14.2. The van der Waals surface area contributed by atoms with Crippen molar-refractivity contribution in [2.75, 3.05) is 7.05 Å². The molecule has 3 rings (SSSR count). The molecule has 1 aliphatic rings. The molecule has 6 heteroatoms. The second-order valence-electron chi connectivity index (χ2n) is 5.89. The average Bonchev–Trinajstić information content (AvgIpc) is 2.92. The summed E-state index contributed by atoms with van der Waals surface area (Å²) in [7, 11) is 1.98. The van der Waals surface area contributed by atoms with E-state index in [1.54, 1.807) is 6.07 Å². The second kappa shape index (κ2) is 5.85. The first-order chi connectivity index (χ1) is 10.4. The number of aryl methyl sites for hydroxylation is 2. The van der Waals surface area contributed by atoms with Crippen molar-refractivity contribution >= 4 is 23.2 Å². The van der Waals surface area contributed by atoms with Gasteiger partial charge in [-0.25, -0.2) is 0 Å². The van der Waals surface area contributed by atoms with Crippen LogP contribution in [-0.2, 0) is 13.0 Å². The minimum absolute atomic E-state index is 0.139. The fourth-order valence-electron chi connectivity index (χ4n) is 3.24. The van der Waals surface area contributed by atoms with E-state index in [1.165, 1.54) is 0 Å². The molecule has 118 valence electrons. The van der Waals surface area contributed by atoms with E-state index in [2.05, 4.69) is 10.1 Å². The van der Waals surface area contributed by atoms with Gasteiger partial charge in [-0.15, -0.1) is 0 Å². The summed E-state index contributed by atoms with van der Waals surface area (Å²) in [5, 5.41) is 15.7. The summed E-state index contributed by atoms with van der Waals surface area (Å²) < 4.78 is 5.21. The number of hydrogen-bond acceptors (Lipinski definition) is 4. The SMILES string of the molecule is Cc1noc(C)c1CN(C)[C@@H]1c2cc(Cl)cc(Cl)c2C[C@@H]1O. The Morgan fingerprint density at radius 3 is 2.73 bits per heavy atom. The quantitative estimate of drug-likeness (QED) is 0.925. The van der Waals surface area contributed by atoms with E-state index in [1.807, 2.05) is 27.0 Å². The Morgan fingerprint density at radius 1 is 1.36 bits per heavy atom. The summed E-state index contributed by atoms with van der Waals surface area (Å²) in [6, 6.07) is 3.48. The van der Waals surface area contributed by atoms with Crippen molar-refractivity contribution in [2.45, 2.75) is 39.0 Å². The van der Waals surface area contributed by atoms with Crippen molar-refractivity contribution in [3.63, 3.8) is 0 Å². The zero-order valence-electron chi connectivity index (χ0n) is 12.7. The number of likely N-dealkylation sites (N-methyl/N-ethyl adjacent to an activating group) is 1.